The second kappa shape index (κ2) is 3.85. The Morgan fingerprint density at radius 2 is 1.94 bits per heavy atom. The highest BCUT2D eigenvalue weighted by Crippen LogP contribution is 2.30. The fourth-order valence-corrected chi connectivity index (χ4v) is 2.10. The van der Waals surface area contributed by atoms with Crippen LogP contribution in [-0.2, 0) is 0 Å². The predicted octanol–water partition coefficient (Wildman–Crippen LogP) is 3.23. The van der Waals surface area contributed by atoms with E-state index in [-0.39, 0.29) is 0 Å². The Bertz CT molecular complexity index is 679. The summed E-state index contributed by atoms with van der Waals surface area (Å²) in [6.07, 6.45) is 3.40. The van der Waals surface area contributed by atoms with Crippen molar-refractivity contribution in [1.82, 2.24) is 9.97 Å². The lowest BCUT2D eigenvalue weighted by atomic mass is 10.3. The Hall–Kier alpha value is -1.88. The van der Waals surface area contributed by atoms with Gasteiger partial charge in [-0.05, 0) is 24.3 Å². The molecule has 3 rings (SSSR count). The van der Waals surface area contributed by atoms with Gasteiger partial charge in [-0.25, -0.2) is 4.98 Å². The molecule has 0 amide bonds. The van der Waals surface area contributed by atoms with E-state index in [1.54, 1.807) is 18.5 Å². The molecule has 0 bridgehead atoms. The van der Waals surface area contributed by atoms with Crippen LogP contribution in [0.2, 0.25) is 0 Å². The molecule has 0 fully saturated rings. The van der Waals surface area contributed by atoms with E-state index >= 15 is 0 Å². The number of nitrogens with two attached hydrogens (primary N) is 1. The molecular weight excluding hydrogens is 282 g/mol. The summed E-state index contributed by atoms with van der Waals surface area (Å²) in [5.41, 5.74) is 8.68. The van der Waals surface area contributed by atoms with E-state index in [1.807, 2.05) is 18.2 Å². The molecule has 1 aromatic carbocycles. The number of halogens is 1. The van der Waals surface area contributed by atoms with Crippen LogP contribution in [0.25, 0.3) is 22.6 Å². The van der Waals surface area contributed by atoms with Gasteiger partial charge in [0.15, 0.2) is 5.58 Å². The normalized spacial score (nSPS) is 10.9. The first kappa shape index (κ1) is 10.3. The van der Waals surface area contributed by atoms with Gasteiger partial charge in [-0.3, -0.25) is 4.98 Å². The maximum absolute atomic E-state index is 5.87. The highest BCUT2D eigenvalue weighted by Gasteiger charge is 2.10. The van der Waals surface area contributed by atoms with Gasteiger partial charge >= 0.3 is 0 Å². The molecule has 0 aliphatic heterocycles. The van der Waals surface area contributed by atoms with E-state index < -0.39 is 0 Å². The van der Waals surface area contributed by atoms with Crippen molar-refractivity contribution in [3.05, 3.63) is 41.1 Å². The molecule has 3 aromatic rings. The van der Waals surface area contributed by atoms with Crippen LogP contribution in [0.3, 0.4) is 0 Å². The molecule has 0 atom stereocenters. The highest BCUT2D eigenvalue weighted by molar-refractivity contribution is 9.10. The number of hydrogen-bond acceptors (Lipinski definition) is 4. The highest BCUT2D eigenvalue weighted by atomic mass is 79.9. The number of nitrogen functional groups attached to an aromatic ring is 1. The van der Waals surface area contributed by atoms with Gasteiger partial charge in [-0.1, -0.05) is 15.9 Å². The van der Waals surface area contributed by atoms with Crippen LogP contribution in [-0.4, -0.2) is 9.97 Å². The van der Waals surface area contributed by atoms with E-state index in [4.69, 9.17) is 10.2 Å². The average Bonchev–Trinajstić information content (AvgIpc) is 2.74. The van der Waals surface area contributed by atoms with Gasteiger partial charge in [0.2, 0.25) is 5.89 Å². The number of fused-ring (bicyclic) bond motifs is 1. The van der Waals surface area contributed by atoms with Gasteiger partial charge in [0.25, 0.3) is 0 Å². The molecule has 2 aromatic heterocycles. The summed E-state index contributed by atoms with van der Waals surface area (Å²) in [5, 5.41) is 0. The summed E-state index contributed by atoms with van der Waals surface area (Å²) in [6, 6.07) is 7.36. The molecule has 2 N–H and O–H groups in total. The Labute approximate surface area is 106 Å². The van der Waals surface area contributed by atoms with E-state index in [2.05, 4.69) is 25.9 Å². The van der Waals surface area contributed by atoms with Crippen molar-refractivity contribution in [2.24, 2.45) is 0 Å². The SMILES string of the molecule is Nc1cc(Br)cc2nc(-c3ccncc3)oc12. The van der Waals surface area contributed by atoms with Gasteiger partial charge < -0.3 is 10.2 Å². The topological polar surface area (TPSA) is 64.9 Å². The fourth-order valence-electron chi connectivity index (χ4n) is 1.64. The number of oxazole rings is 1. The molecule has 0 unspecified atom stereocenters. The Morgan fingerprint density at radius 1 is 1.18 bits per heavy atom. The van der Waals surface area contributed by atoms with Crippen molar-refractivity contribution in [3.8, 4) is 11.5 Å². The van der Waals surface area contributed by atoms with Crippen LogP contribution in [0.5, 0.6) is 0 Å². The van der Waals surface area contributed by atoms with Gasteiger partial charge in [0, 0.05) is 22.4 Å². The summed E-state index contributed by atoms with van der Waals surface area (Å²) in [7, 11) is 0. The summed E-state index contributed by atoms with van der Waals surface area (Å²) in [4.78, 5) is 8.36. The zero-order chi connectivity index (χ0) is 11.8. The number of anilines is 1. The second-order valence-electron chi connectivity index (χ2n) is 3.60. The van der Waals surface area contributed by atoms with Crippen molar-refractivity contribution in [2.75, 3.05) is 5.73 Å². The summed E-state index contributed by atoms with van der Waals surface area (Å²) in [5.74, 6) is 0.548. The van der Waals surface area contributed by atoms with Crippen molar-refractivity contribution in [2.45, 2.75) is 0 Å². The van der Waals surface area contributed by atoms with E-state index in [0.29, 0.717) is 17.2 Å². The van der Waals surface area contributed by atoms with Crippen LogP contribution < -0.4 is 5.73 Å². The van der Waals surface area contributed by atoms with E-state index in [9.17, 15) is 0 Å². The molecule has 84 valence electrons. The Balaban J connectivity index is 2.24. The van der Waals surface area contributed by atoms with E-state index in [0.717, 1.165) is 15.6 Å². The first-order chi connectivity index (χ1) is 8.24. The number of pyridine rings is 1. The number of benzene rings is 1. The Kier molecular flexibility index (Phi) is 2.33. The average molecular weight is 290 g/mol. The minimum atomic E-state index is 0.548. The Morgan fingerprint density at radius 3 is 2.71 bits per heavy atom. The van der Waals surface area contributed by atoms with Crippen LogP contribution in [0.1, 0.15) is 0 Å². The van der Waals surface area contributed by atoms with Gasteiger partial charge in [-0.2, -0.15) is 0 Å². The van der Waals surface area contributed by atoms with Crippen molar-refractivity contribution >= 4 is 32.7 Å². The maximum Gasteiger partial charge on any atom is 0.227 e. The van der Waals surface area contributed by atoms with Crippen LogP contribution in [0, 0.1) is 0 Å². The lowest BCUT2D eigenvalue weighted by Gasteiger charge is -1.94. The fraction of sp³-hybridized carbons (Fsp3) is 0. The second-order valence-corrected chi connectivity index (χ2v) is 4.51. The summed E-state index contributed by atoms with van der Waals surface area (Å²) >= 11 is 3.38. The summed E-state index contributed by atoms with van der Waals surface area (Å²) in [6.45, 7) is 0. The van der Waals surface area contributed by atoms with Crippen molar-refractivity contribution in [1.29, 1.82) is 0 Å². The standard InChI is InChI=1S/C12H8BrN3O/c13-8-5-9(14)11-10(6-8)16-12(17-11)7-1-3-15-4-2-7/h1-6H,14H2. The number of aromatic nitrogens is 2. The predicted molar refractivity (Wildman–Crippen MR) is 69.4 cm³/mol. The van der Waals surface area contributed by atoms with Crippen LogP contribution in [0.15, 0.2) is 45.5 Å². The lowest BCUT2D eigenvalue weighted by Crippen LogP contribution is -1.84. The molecule has 5 heteroatoms. The number of rotatable bonds is 1. The molecule has 0 saturated carbocycles. The number of hydrogen-bond donors (Lipinski definition) is 1. The smallest absolute Gasteiger partial charge is 0.227 e. The monoisotopic (exact) mass is 289 g/mol. The van der Waals surface area contributed by atoms with Crippen molar-refractivity contribution < 1.29 is 4.42 Å². The minimum absolute atomic E-state index is 0.548. The van der Waals surface area contributed by atoms with Gasteiger partial charge in [0.05, 0.1) is 5.69 Å². The van der Waals surface area contributed by atoms with Crippen molar-refractivity contribution in [3.63, 3.8) is 0 Å². The molecular formula is C12H8BrN3O. The van der Waals surface area contributed by atoms with Crippen LogP contribution in [0.4, 0.5) is 5.69 Å². The summed E-state index contributed by atoms with van der Waals surface area (Å²) < 4.78 is 6.54. The largest absolute Gasteiger partial charge is 0.434 e. The lowest BCUT2D eigenvalue weighted by molar-refractivity contribution is 0.621. The molecule has 0 saturated heterocycles. The number of nitrogens with zero attached hydrogens (tertiary/aromatic N) is 2. The minimum Gasteiger partial charge on any atom is -0.434 e. The molecule has 0 spiro atoms. The van der Waals surface area contributed by atoms with Crippen LogP contribution >= 0.6 is 15.9 Å². The van der Waals surface area contributed by atoms with Gasteiger partial charge in [-0.15, -0.1) is 0 Å². The molecule has 2 heterocycles. The third-order valence-electron chi connectivity index (χ3n) is 2.41. The third-order valence-corrected chi connectivity index (χ3v) is 2.87. The van der Waals surface area contributed by atoms with E-state index in [1.165, 1.54) is 0 Å². The zero-order valence-corrected chi connectivity index (χ0v) is 10.3. The molecule has 0 aliphatic rings. The first-order valence-electron chi connectivity index (χ1n) is 5.00. The molecule has 17 heavy (non-hydrogen) atoms. The quantitative estimate of drug-likeness (QED) is 0.699. The molecule has 4 nitrogen and oxygen atoms in total. The first-order valence-corrected chi connectivity index (χ1v) is 5.79. The third kappa shape index (κ3) is 1.78. The molecule has 0 aliphatic carbocycles. The molecule has 0 radical (unpaired) electrons. The van der Waals surface area contributed by atoms with Gasteiger partial charge in [0.1, 0.15) is 5.52 Å². The maximum atomic E-state index is 5.87. The zero-order valence-electron chi connectivity index (χ0n) is 8.72.